The summed E-state index contributed by atoms with van der Waals surface area (Å²) in [7, 11) is -3.75. The molecule has 2 N–H and O–H groups in total. The Bertz CT molecular complexity index is 583. The molecule has 2 heterocycles. The summed E-state index contributed by atoms with van der Waals surface area (Å²) >= 11 is 0. The van der Waals surface area contributed by atoms with Crippen LogP contribution in [0, 0.1) is 0 Å². The van der Waals surface area contributed by atoms with Gasteiger partial charge in [0.1, 0.15) is 4.90 Å². The van der Waals surface area contributed by atoms with Gasteiger partial charge in [-0.05, 0) is 6.07 Å². The fraction of sp³-hybridized carbons (Fsp3) is 0.111. The first kappa shape index (κ1) is 13.1. The number of rotatable bonds is 2. The Labute approximate surface area is 98.8 Å². The maximum atomic E-state index is 11.0. The Morgan fingerprint density at radius 2 is 1.71 bits per heavy atom. The van der Waals surface area contributed by atoms with Gasteiger partial charge in [-0.3, -0.25) is 0 Å². The number of hydrogen-bond acceptors (Lipinski definition) is 6. The third-order valence-corrected chi connectivity index (χ3v) is 2.67. The van der Waals surface area contributed by atoms with Crippen LogP contribution in [0.5, 0.6) is 0 Å². The highest BCUT2D eigenvalue weighted by atomic mass is 32.2. The summed E-state index contributed by atoms with van der Waals surface area (Å²) < 4.78 is 21.9. The topological polar surface area (TPSA) is 112 Å². The van der Waals surface area contributed by atoms with Crippen LogP contribution in [0.3, 0.4) is 0 Å². The molecule has 2 aromatic heterocycles. The van der Waals surface area contributed by atoms with Crippen LogP contribution in [0.25, 0.3) is 11.4 Å². The van der Waals surface area contributed by atoms with Crippen molar-refractivity contribution >= 4 is 10.0 Å². The van der Waals surface area contributed by atoms with Gasteiger partial charge in [0.15, 0.2) is 5.82 Å². The Balaban J connectivity index is 0.00000144. The fourth-order valence-electron chi connectivity index (χ4n) is 1.04. The third kappa shape index (κ3) is 3.02. The molecule has 0 aliphatic heterocycles. The zero-order valence-corrected chi connectivity index (χ0v) is 8.79. The van der Waals surface area contributed by atoms with Gasteiger partial charge in [-0.2, -0.15) is 10.2 Å². The lowest BCUT2D eigenvalue weighted by atomic mass is 10.3. The maximum absolute atomic E-state index is 11.0. The van der Waals surface area contributed by atoms with Crippen LogP contribution in [0.15, 0.2) is 35.7 Å². The van der Waals surface area contributed by atoms with E-state index in [9.17, 15) is 8.42 Å². The number of primary sulfonamides is 1. The van der Waals surface area contributed by atoms with Gasteiger partial charge >= 0.3 is 0 Å². The lowest BCUT2D eigenvalue weighted by Gasteiger charge is -1.99. The summed E-state index contributed by atoms with van der Waals surface area (Å²) in [5.41, 5.74) is 0.649. The monoisotopic (exact) mass is 253 g/mol. The van der Waals surface area contributed by atoms with Crippen molar-refractivity contribution in [1.29, 1.82) is 0 Å². The predicted molar refractivity (Wildman–Crippen MR) is 61.2 cm³/mol. The molecule has 90 valence electrons. The van der Waals surface area contributed by atoms with E-state index in [1.54, 1.807) is 6.07 Å². The molecule has 17 heavy (non-hydrogen) atoms. The second-order valence-corrected chi connectivity index (χ2v) is 4.48. The lowest BCUT2D eigenvalue weighted by molar-refractivity contribution is 0.597. The van der Waals surface area contributed by atoms with Crippen molar-refractivity contribution in [2.75, 3.05) is 0 Å². The predicted octanol–water partition coefficient (Wildman–Crippen LogP) is 0.217. The molecule has 0 atom stereocenters. The van der Waals surface area contributed by atoms with E-state index < -0.39 is 10.0 Å². The van der Waals surface area contributed by atoms with E-state index in [2.05, 4.69) is 20.2 Å². The summed E-state index contributed by atoms with van der Waals surface area (Å²) in [6.07, 6.45) is 5.27. The highest BCUT2D eigenvalue weighted by molar-refractivity contribution is 7.89. The van der Waals surface area contributed by atoms with Gasteiger partial charge in [0, 0.05) is 5.56 Å². The molecule has 0 aromatic carbocycles. The third-order valence-electron chi connectivity index (χ3n) is 1.80. The molecule has 0 bridgehead atoms. The van der Waals surface area contributed by atoms with Gasteiger partial charge in [0.25, 0.3) is 0 Å². The molecular weight excluding hydrogens is 242 g/mol. The van der Waals surface area contributed by atoms with E-state index in [-0.39, 0.29) is 12.3 Å². The Hall–Kier alpha value is -1.93. The Morgan fingerprint density at radius 3 is 2.18 bits per heavy atom. The second kappa shape index (κ2) is 4.93. The van der Waals surface area contributed by atoms with Gasteiger partial charge in [-0.25, -0.2) is 23.5 Å². The molecule has 7 nitrogen and oxygen atoms in total. The van der Waals surface area contributed by atoms with Crippen molar-refractivity contribution in [2.24, 2.45) is 5.14 Å². The molecule has 0 saturated heterocycles. The smallest absolute Gasteiger partial charge is 0.235 e. The molecule has 0 radical (unpaired) electrons. The number of sulfonamides is 1. The summed E-state index contributed by atoms with van der Waals surface area (Å²) in [5, 5.41) is 12.2. The zero-order chi connectivity index (χ0) is 11.6. The highest BCUT2D eigenvalue weighted by Crippen LogP contribution is 2.12. The first-order chi connectivity index (χ1) is 7.57. The fourth-order valence-corrected chi connectivity index (χ4v) is 1.43. The molecule has 0 spiro atoms. The van der Waals surface area contributed by atoms with Crippen LogP contribution in [0.4, 0.5) is 0 Å². The number of nitrogens with zero attached hydrogens (tertiary/aromatic N) is 4. The molecule has 8 heteroatoms. The number of hydrogen-bond donors (Lipinski definition) is 1. The molecule has 2 rings (SSSR count). The van der Waals surface area contributed by atoms with Crippen molar-refractivity contribution in [1.82, 2.24) is 20.2 Å². The van der Waals surface area contributed by atoms with E-state index >= 15 is 0 Å². The molecule has 0 unspecified atom stereocenters. The standard InChI is InChI=1S/C8H7N5O2S.CH4/c9-16(14,15)7-4-10-8(11-5-7)6-1-2-12-13-3-6;/h1-5H,(H2,9,14,15);1H4. The van der Waals surface area contributed by atoms with Gasteiger partial charge < -0.3 is 0 Å². The van der Waals surface area contributed by atoms with Gasteiger partial charge in [0.2, 0.25) is 10.0 Å². The van der Waals surface area contributed by atoms with Crippen molar-refractivity contribution in [3.63, 3.8) is 0 Å². The van der Waals surface area contributed by atoms with Crippen LogP contribution >= 0.6 is 0 Å². The Morgan fingerprint density at radius 1 is 1.06 bits per heavy atom. The lowest BCUT2D eigenvalue weighted by Crippen LogP contribution is -2.12. The zero-order valence-electron chi connectivity index (χ0n) is 7.98. The summed E-state index contributed by atoms with van der Waals surface area (Å²) in [5.74, 6) is 0.363. The Kier molecular flexibility index (Phi) is 3.81. The van der Waals surface area contributed by atoms with Gasteiger partial charge in [0.05, 0.1) is 24.8 Å². The first-order valence-corrected chi connectivity index (χ1v) is 5.74. The maximum Gasteiger partial charge on any atom is 0.241 e. The molecule has 0 amide bonds. The van der Waals surface area contributed by atoms with E-state index in [0.717, 1.165) is 12.4 Å². The molecule has 0 aliphatic rings. The van der Waals surface area contributed by atoms with Crippen LogP contribution in [0.1, 0.15) is 7.43 Å². The van der Waals surface area contributed by atoms with Crippen molar-refractivity contribution < 1.29 is 8.42 Å². The summed E-state index contributed by atoms with van der Waals surface area (Å²) in [6, 6.07) is 1.67. The molecule has 2 aromatic rings. The van der Waals surface area contributed by atoms with Crippen LogP contribution < -0.4 is 5.14 Å². The minimum absolute atomic E-state index is 0. The number of nitrogens with two attached hydrogens (primary N) is 1. The van der Waals surface area contributed by atoms with Crippen molar-refractivity contribution in [3.8, 4) is 11.4 Å². The molecule has 0 fully saturated rings. The van der Waals surface area contributed by atoms with E-state index in [1.807, 2.05) is 0 Å². The molecule has 0 saturated carbocycles. The summed E-state index contributed by atoms with van der Waals surface area (Å²) in [6.45, 7) is 0. The summed E-state index contributed by atoms with van der Waals surface area (Å²) in [4.78, 5) is 7.63. The first-order valence-electron chi connectivity index (χ1n) is 4.19. The minimum atomic E-state index is -3.75. The second-order valence-electron chi connectivity index (χ2n) is 2.92. The largest absolute Gasteiger partial charge is 0.241 e. The van der Waals surface area contributed by atoms with Gasteiger partial charge in [-0.1, -0.05) is 7.43 Å². The molecule has 0 aliphatic carbocycles. The minimum Gasteiger partial charge on any atom is -0.235 e. The normalized spacial score (nSPS) is 10.6. The SMILES string of the molecule is C.NS(=O)(=O)c1cnc(-c2ccnnc2)nc1. The highest BCUT2D eigenvalue weighted by Gasteiger charge is 2.09. The van der Waals surface area contributed by atoms with Crippen LogP contribution in [0.2, 0.25) is 0 Å². The quantitative estimate of drug-likeness (QED) is 0.819. The van der Waals surface area contributed by atoms with E-state index in [0.29, 0.717) is 11.4 Å². The van der Waals surface area contributed by atoms with E-state index in [1.165, 1.54) is 12.4 Å². The van der Waals surface area contributed by atoms with Crippen LogP contribution in [-0.2, 0) is 10.0 Å². The average molecular weight is 253 g/mol. The van der Waals surface area contributed by atoms with Crippen molar-refractivity contribution in [3.05, 3.63) is 30.9 Å². The van der Waals surface area contributed by atoms with Crippen LogP contribution in [-0.4, -0.2) is 28.6 Å². The van der Waals surface area contributed by atoms with E-state index in [4.69, 9.17) is 5.14 Å². The van der Waals surface area contributed by atoms with Crippen molar-refractivity contribution in [2.45, 2.75) is 12.3 Å². The van der Waals surface area contributed by atoms with Gasteiger partial charge in [-0.15, -0.1) is 0 Å². The molecular formula is C9H11N5O2S. The average Bonchev–Trinajstić information content (AvgIpc) is 2.29. The number of aromatic nitrogens is 4.